The lowest BCUT2D eigenvalue weighted by Gasteiger charge is -2.08. The molecule has 0 radical (unpaired) electrons. The van der Waals surface area contributed by atoms with E-state index >= 15 is 0 Å². The Morgan fingerprint density at radius 1 is 1.29 bits per heavy atom. The summed E-state index contributed by atoms with van der Waals surface area (Å²) in [5.41, 5.74) is 0.722. The number of benzene rings is 1. The average Bonchev–Trinajstić information content (AvgIpc) is 2.47. The van der Waals surface area contributed by atoms with Gasteiger partial charge in [-0.15, -0.1) is 0 Å². The van der Waals surface area contributed by atoms with Crippen LogP contribution in [0.1, 0.15) is 23.7 Å². The number of aromatic nitrogens is 2. The summed E-state index contributed by atoms with van der Waals surface area (Å²) in [5, 5.41) is 15.5. The molecule has 7 nitrogen and oxygen atoms in total. The number of carbonyl (C=O) groups excluding carboxylic acids is 1. The molecule has 1 amide bonds. The predicted molar refractivity (Wildman–Crippen MR) is 78.3 cm³/mol. The van der Waals surface area contributed by atoms with E-state index in [1.54, 1.807) is 6.07 Å². The van der Waals surface area contributed by atoms with Crippen LogP contribution in [0.5, 0.6) is 0 Å². The highest BCUT2D eigenvalue weighted by Crippen LogP contribution is 2.20. The number of hydrogen-bond donors (Lipinski definition) is 3. The molecule has 0 aliphatic rings. The third-order valence-electron chi connectivity index (χ3n) is 2.90. The monoisotopic (exact) mass is 288 g/mol. The first-order chi connectivity index (χ1) is 10.1. The number of fused-ring (bicyclic) bond motifs is 1. The number of nitrogens with zero attached hydrogens (tertiary/aromatic N) is 2. The molecule has 3 N–H and O–H groups in total. The molecule has 21 heavy (non-hydrogen) atoms. The van der Waals surface area contributed by atoms with Gasteiger partial charge in [-0.3, -0.25) is 4.79 Å². The Labute approximate surface area is 121 Å². The van der Waals surface area contributed by atoms with Crippen LogP contribution in [0.4, 0.5) is 5.82 Å². The summed E-state index contributed by atoms with van der Waals surface area (Å²) in [5.74, 6) is -0.445. The van der Waals surface area contributed by atoms with Gasteiger partial charge in [-0.1, -0.05) is 0 Å². The van der Waals surface area contributed by atoms with Gasteiger partial charge in [0.1, 0.15) is 12.1 Å². The van der Waals surface area contributed by atoms with Gasteiger partial charge in [0, 0.05) is 24.9 Å². The van der Waals surface area contributed by atoms with Crippen LogP contribution < -0.4 is 10.6 Å². The summed E-state index contributed by atoms with van der Waals surface area (Å²) in [6.45, 7) is 2.91. The van der Waals surface area contributed by atoms with E-state index < -0.39 is 5.97 Å². The summed E-state index contributed by atoms with van der Waals surface area (Å²) >= 11 is 0. The molecule has 7 heteroatoms. The maximum atomic E-state index is 11.4. The lowest BCUT2D eigenvalue weighted by atomic mass is 10.1. The molecule has 0 aliphatic carbocycles. The Morgan fingerprint density at radius 2 is 2.10 bits per heavy atom. The lowest BCUT2D eigenvalue weighted by molar-refractivity contribution is -0.120. The summed E-state index contributed by atoms with van der Waals surface area (Å²) in [6, 6.07) is 4.66. The van der Waals surface area contributed by atoms with Crippen molar-refractivity contribution in [3.63, 3.8) is 0 Å². The fourth-order valence-corrected chi connectivity index (χ4v) is 1.91. The molecule has 0 fully saturated rings. The largest absolute Gasteiger partial charge is 0.478 e. The van der Waals surface area contributed by atoms with Gasteiger partial charge < -0.3 is 15.7 Å². The molecule has 0 aliphatic heterocycles. The number of rotatable bonds is 6. The van der Waals surface area contributed by atoms with Crippen molar-refractivity contribution < 1.29 is 14.7 Å². The first-order valence-corrected chi connectivity index (χ1v) is 6.60. The predicted octanol–water partition coefficient (Wildman–Crippen LogP) is 1.27. The lowest BCUT2D eigenvalue weighted by Crippen LogP contribution is -2.24. The second kappa shape index (κ2) is 6.65. The Morgan fingerprint density at radius 3 is 2.81 bits per heavy atom. The van der Waals surface area contributed by atoms with Crippen molar-refractivity contribution in [2.45, 2.75) is 13.3 Å². The van der Waals surface area contributed by atoms with Crippen LogP contribution in [-0.4, -0.2) is 40.0 Å². The van der Waals surface area contributed by atoms with Gasteiger partial charge >= 0.3 is 5.97 Å². The van der Waals surface area contributed by atoms with Crippen molar-refractivity contribution in [1.29, 1.82) is 0 Å². The highest BCUT2D eigenvalue weighted by Gasteiger charge is 2.08. The first kappa shape index (κ1) is 14.7. The number of carboxylic acids is 1. The number of carbonyl (C=O) groups is 2. The molecule has 0 saturated carbocycles. The average molecular weight is 288 g/mol. The summed E-state index contributed by atoms with van der Waals surface area (Å²) in [4.78, 5) is 30.5. The zero-order chi connectivity index (χ0) is 15.2. The quantitative estimate of drug-likeness (QED) is 0.739. The number of hydrogen-bond acceptors (Lipinski definition) is 5. The van der Waals surface area contributed by atoms with Crippen LogP contribution in [0.15, 0.2) is 24.5 Å². The number of aromatic carboxylic acids is 1. The number of amides is 1. The third kappa shape index (κ3) is 3.65. The molecular weight excluding hydrogens is 272 g/mol. The zero-order valence-corrected chi connectivity index (χ0v) is 11.6. The molecule has 0 spiro atoms. The summed E-state index contributed by atoms with van der Waals surface area (Å²) in [7, 11) is 0. The van der Waals surface area contributed by atoms with Crippen molar-refractivity contribution in [3.05, 3.63) is 30.1 Å². The van der Waals surface area contributed by atoms with E-state index in [0.717, 1.165) is 5.39 Å². The molecule has 0 bridgehead atoms. The molecule has 0 atom stereocenters. The van der Waals surface area contributed by atoms with Crippen molar-refractivity contribution in [1.82, 2.24) is 15.3 Å². The minimum Gasteiger partial charge on any atom is -0.478 e. The third-order valence-corrected chi connectivity index (χ3v) is 2.90. The van der Waals surface area contributed by atoms with Gasteiger partial charge in [-0.25, -0.2) is 14.8 Å². The SMILES string of the molecule is CCNC(=O)CCNc1ncnc2cc(C(=O)O)ccc12. The maximum absolute atomic E-state index is 11.4. The van der Waals surface area contributed by atoms with Gasteiger partial charge in [0.15, 0.2) is 0 Å². The Balaban J connectivity index is 2.13. The van der Waals surface area contributed by atoms with Crippen LogP contribution in [0.3, 0.4) is 0 Å². The van der Waals surface area contributed by atoms with E-state index in [0.29, 0.717) is 30.8 Å². The summed E-state index contributed by atoms with van der Waals surface area (Å²) < 4.78 is 0. The van der Waals surface area contributed by atoms with Crippen molar-refractivity contribution in [3.8, 4) is 0 Å². The fraction of sp³-hybridized carbons (Fsp3) is 0.286. The van der Waals surface area contributed by atoms with E-state index in [1.807, 2.05) is 6.92 Å². The normalized spacial score (nSPS) is 10.3. The second-order valence-corrected chi connectivity index (χ2v) is 4.39. The maximum Gasteiger partial charge on any atom is 0.335 e. The second-order valence-electron chi connectivity index (χ2n) is 4.39. The Kier molecular flexibility index (Phi) is 4.65. The number of nitrogens with one attached hydrogen (secondary N) is 2. The minimum absolute atomic E-state index is 0.0310. The standard InChI is InChI=1S/C14H16N4O3/c1-2-15-12(19)5-6-16-13-10-4-3-9(14(20)21)7-11(10)17-8-18-13/h3-4,7-8H,2,5-6H2,1H3,(H,15,19)(H,20,21)(H,16,17,18). The van der Waals surface area contributed by atoms with Crippen LogP contribution >= 0.6 is 0 Å². The van der Waals surface area contributed by atoms with Gasteiger partial charge in [0.2, 0.25) is 5.91 Å². The highest BCUT2D eigenvalue weighted by atomic mass is 16.4. The summed E-state index contributed by atoms with van der Waals surface area (Å²) in [6.07, 6.45) is 1.70. The molecule has 0 saturated heterocycles. The Hall–Kier alpha value is -2.70. The molecular formula is C14H16N4O3. The molecule has 2 aromatic rings. The van der Waals surface area contributed by atoms with E-state index in [-0.39, 0.29) is 11.5 Å². The van der Waals surface area contributed by atoms with Crippen molar-refractivity contribution >= 4 is 28.6 Å². The van der Waals surface area contributed by atoms with Gasteiger partial charge in [-0.05, 0) is 25.1 Å². The van der Waals surface area contributed by atoms with E-state index in [1.165, 1.54) is 18.5 Å². The van der Waals surface area contributed by atoms with Crippen LogP contribution in [0.2, 0.25) is 0 Å². The smallest absolute Gasteiger partial charge is 0.335 e. The zero-order valence-electron chi connectivity index (χ0n) is 11.6. The molecule has 2 rings (SSSR count). The van der Waals surface area contributed by atoms with Gasteiger partial charge in [0.25, 0.3) is 0 Å². The fourth-order valence-electron chi connectivity index (χ4n) is 1.91. The van der Waals surface area contributed by atoms with Crippen LogP contribution in [0.25, 0.3) is 10.9 Å². The molecule has 110 valence electrons. The highest BCUT2D eigenvalue weighted by molar-refractivity contribution is 5.96. The van der Waals surface area contributed by atoms with E-state index in [4.69, 9.17) is 5.11 Å². The molecule has 0 unspecified atom stereocenters. The molecule has 1 aromatic heterocycles. The van der Waals surface area contributed by atoms with Crippen molar-refractivity contribution in [2.24, 2.45) is 0 Å². The molecule has 1 heterocycles. The topological polar surface area (TPSA) is 104 Å². The van der Waals surface area contributed by atoms with Gasteiger partial charge in [0.05, 0.1) is 11.1 Å². The number of carboxylic acid groups (broad SMARTS) is 1. The van der Waals surface area contributed by atoms with E-state index in [2.05, 4.69) is 20.6 Å². The minimum atomic E-state index is -0.999. The van der Waals surface area contributed by atoms with E-state index in [9.17, 15) is 9.59 Å². The van der Waals surface area contributed by atoms with Crippen LogP contribution in [0, 0.1) is 0 Å². The molecule has 1 aromatic carbocycles. The Bertz CT molecular complexity index is 672. The first-order valence-electron chi connectivity index (χ1n) is 6.60. The van der Waals surface area contributed by atoms with Gasteiger partial charge in [-0.2, -0.15) is 0 Å². The number of anilines is 1. The van der Waals surface area contributed by atoms with Crippen molar-refractivity contribution in [2.75, 3.05) is 18.4 Å². The van der Waals surface area contributed by atoms with Crippen LogP contribution in [-0.2, 0) is 4.79 Å².